The number of nitrogens with zero attached hydrogens (tertiary/aromatic N) is 3. The zero-order valence-electron chi connectivity index (χ0n) is 13.6. The Morgan fingerprint density at radius 2 is 2.14 bits per heavy atom. The Labute approximate surface area is 131 Å². The molecule has 2 aliphatic rings. The van der Waals surface area contributed by atoms with Crippen LogP contribution in [0, 0.1) is 11.7 Å². The van der Waals surface area contributed by atoms with Gasteiger partial charge in [-0.2, -0.15) is 0 Å². The molecule has 0 radical (unpaired) electrons. The molecular formula is C17H26FN3O. The van der Waals surface area contributed by atoms with Gasteiger partial charge >= 0.3 is 0 Å². The summed E-state index contributed by atoms with van der Waals surface area (Å²) < 4.78 is 14.6. The van der Waals surface area contributed by atoms with Crippen LogP contribution in [0.1, 0.15) is 58.1 Å². The average molecular weight is 307 g/mol. The lowest BCUT2D eigenvalue weighted by Crippen LogP contribution is -2.49. The number of aromatic nitrogens is 2. The molecule has 3 atom stereocenters. The zero-order chi connectivity index (χ0) is 15.7. The molecule has 4 nitrogen and oxygen atoms in total. The Kier molecular flexibility index (Phi) is 4.35. The highest BCUT2D eigenvalue weighted by molar-refractivity contribution is 5.44. The maximum Gasteiger partial charge on any atom is 0.187 e. The second kappa shape index (κ2) is 6.11. The van der Waals surface area contributed by atoms with Crippen molar-refractivity contribution in [2.45, 2.75) is 70.4 Å². The van der Waals surface area contributed by atoms with Gasteiger partial charge in [-0.1, -0.05) is 19.8 Å². The van der Waals surface area contributed by atoms with Gasteiger partial charge in [-0.05, 0) is 39.0 Å². The fourth-order valence-corrected chi connectivity index (χ4v) is 4.27. The molecule has 5 heteroatoms. The second-order valence-electron chi connectivity index (χ2n) is 6.92. The minimum Gasteiger partial charge on any atom is -0.390 e. The summed E-state index contributed by atoms with van der Waals surface area (Å²) in [7, 11) is 0. The Bertz CT molecular complexity index is 535. The van der Waals surface area contributed by atoms with Crippen LogP contribution in [0.4, 0.5) is 10.2 Å². The number of aliphatic hydroxyl groups is 1. The van der Waals surface area contributed by atoms with Gasteiger partial charge in [0.15, 0.2) is 11.6 Å². The van der Waals surface area contributed by atoms with Gasteiger partial charge in [0.1, 0.15) is 6.33 Å². The minimum absolute atomic E-state index is 0.185. The molecule has 1 aromatic heterocycles. The first-order chi connectivity index (χ1) is 10.5. The molecule has 0 aromatic carbocycles. The molecule has 2 fully saturated rings. The predicted molar refractivity (Wildman–Crippen MR) is 84.3 cm³/mol. The van der Waals surface area contributed by atoms with Crippen LogP contribution < -0.4 is 4.90 Å². The molecule has 0 bridgehead atoms. The van der Waals surface area contributed by atoms with Crippen LogP contribution in [-0.2, 0) is 6.42 Å². The summed E-state index contributed by atoms with van der Waals surface area (Å²) in [4.78, 5) is 10.3. The fraction of sp³-hybridized carbons (Fsp3) is 0.765. The Hall–Kier alpha value is -1.23. The van der Waals surface area contributed by atoms with E-state index in [1.54, 1.807) is 0 Å². The second-order valence-corrected chi connectivity index (χ2v) is 6.92. The smallest absolute Gasteiger partial charge is 0.187 e. The maximum atomic E-state index is 14.6. The molecule has 2 heterocycles. The van der Waals surface area contributed by atoms with Crippen molar-refractivity contribution in [2.75, 3.05) is 11.4 Å². The van der Waals surface area contributed by atoms with Gasteiger partial charge in [0, 0.05) is 18.5 Å². The highest BCUT2D eigenvalue weighted by Crippen LogP contribution is 2.42. The quantitative estimate of drug-likeness (QED) is 0.932. The number of aryl methyl sites for hydroxylation is 1. The topological polar surface area (TPSA) is 49.2 Å². The summed E-state index contributed by atoms with van der Waals surface area (Å²) in [6.45, 7) is 4.66. The summed E-state index contributed by atoms with van der Waals surface area (Å²) >= 11 is 0. The van der Waals surface area contributed by atoms with Gasteiger partial charge in [0.05, 0.1) is 11.3 Å². The number of rotatable bonds is 3. The maximum absolute atomic E-state index is 14.6. The third-order valence-electron chi connectivity index (χ3n) is 5.46. The van der Waals surface area contributed by atoms with E-state index < -0.39 is 5.60 Å². The lowest BCUT2D eigenvalue weighted by atomic mass is 9.72. The molecule has 1 aliphatic carbocycles. The molecule has 1 saturated heterocycles. The standard InChI is InChI=1S/C17H26FN3O/c1-3-13-15(18)16(20-11-19-13)21-10-6-8-14(21)12-7-4-5-9-17(12,2)22/h11-12,14,22H,3-10H2,1-2H3/t12-,14+,17-/m0/s1. The van der Waals surface area contributed by atoms with Crippen molar-refractivity contribution >= 4 is 5.82 Å². The normalized spacial score (nSPS) is 32.5. The molecule has 0 spiro atoms. The number of anilines is 1. The van der Waals surface area contributed by atoms with E-state index in [4.69, 9.17) is 0 Å². The summed E-state index contributed by atoms with van der Waals surface area (Å²) in [5, 5.41) is 10.8. The van der Waals surface area contributed by atoms with Crippen molar-refractivity contribution in [2.24, 2.45) is 5.92 Å². The van der Waals surface area contributed by atoms with E-state index in [0.29, 0.717) is 17.9 Å². The molecule has 122 valence electrons. The van der Waals surface area contributed by atoms with E-state index in [0.717, 1.165) is 45.1 Å². The highest BCUT2D eigenvalue weighted by atomic mass is 19.1. The molecule has 0 amide bonds. The fourth-order valence-electron chi connectivity index (χ4n) is 4.27. The summed E-state index contributed by atoms with van der Waals surface area (Å²) in [5.41, 5.74) is -0.172. The Morgan fingerprint density at radius 1 is 1.32 bits per heavy atom. The van der Waals surface area contributed by atoms with Crippen LogP contribution >= 0.6 is 0 Å². The van der Waals surface area contributed by atoms with Crippen LogP contribution in [0.15, 0.2) is 6.33 Å². The van der Waals surface area contributed by atoms with Crippen molar-refractivity contribution in [3.8, 4) is 0 Å². The summed E-state index contributed by atoms with van der Waals surface area (Å²) in [5.74, 6) is 0.339. The average Bonchev–Trinajstić information content (AvgIpc) is 2.96. The van der Waals surface area contributed by atoms with Gasteiger partial charge in [-0.3, -0.25) is 0 Å². The van der Waals surface area contributed by atoms with E-state index in [2.05, 4.69) is 14.9 Å². The van der Waals surface area contributed by atoms with Gasteiger partial charge in [0.2, 0.25) is 0 Å². The van der Waals surface area contributed by atoms with Gasteiger partial charge < -0.3 is 10.0 Å². The highest BCUT2D eigenvalue weighted by Gasteiger charge is 2.44. The predicted octanol–water partition coefficient (Wildman–Crippen LogP) is 3.09. The van der Waals surface area contributed by atoms with E-state index in [9.17, 15) is 9.50 Å². The van der Waals surface area contributed by atoms with Crippen LogP contribution in [0.3, 0.4) is 0 Å². The van der Waals surface area contributed by atoms with Crippen molar-refractivity contribution in [3.05, 3.63) is 17.8 Å². The van der Waals surface area contributed by atoms with Gasteiger partial charge in [-0.15, -0.1) is 0 Å². The van der Waals surface area contributed by atoms with Crippen LogP contribution in [-0.4, -0.2) is 33.3 Å². The molecule has 1 aliphatic heterocycles. The molecular weight excluding hydrogens is 281 g/mol. The molecule has 1 saturated carbocycles. The molecule has 22 heavy (non-hydrogen) atoms. The molecule has 0 unspecified atom stereocenters. The Morgan fingerprint density at radius 3 is 2.86 bits per heavy atom. The lowest BCUT2D eigenvalue weighted by Gasteiger charge is -2.43. The van der Waals surface area contributed by atoms with Gasteiger partial charge in [0.25, 0.3) is 0 Å². The first-order valence-electron chi connectivity index (χ1n) is 8.53. The van der Waals surface area contributed by atoms with Crippen molar-refractivity contribution in [1.29, 1.82) is 0 Å². The number of hydrogen-bond acceptors (Lipinski definition) is 4. The van der Waals surface area contributed by atoms with Gasteiger partial charge in [-0.25, -0.2) is 14.4 Å². The van der Waals surface area contributed by atoms with E-state index in [1.807, 2.05) is 13.8 Å². The Balaban J connectivity index is 1.90. The van der Waals surface area contributed by atoms with Crippen molar-refractivity contribution in [3.63, 3.8) is 0 Å². The largest absolute Gasteiger partial charge is 0.390 e. The number of halogens is 1. The lowest BCUT2D eigenvalue weighted by molar-refractivity contribution is -0.0411. The van der Waals surface area contributed by atoms with E-state index in [1.165, 1.54) is 6.33 Å². The van der Waals surface area contributed by atoms with E-state index in [-0.39, 0.29) is 17.8 Å². The zero-order valence-corrected chi connectivity index (χ0v) is 13.6. The third kappa shape index (κ3) is 2.71. The first-order valence-corrected chi connectivity index (χ1v) is 8.53. The minimum atomic E-state index is -0.650. The monoisotopic (exact) mass is 307 g/mol. The van der Waals surface area contributed by atoms with Crippen LogP contribution in [0.25, 0.3) is 0 Å². The van der Waals surface area contributed by atoms with Crippen molar-refractivity contribution < 1.29 is 9.50 Å². The summed E-state index contributed by atoms with van der Waals surface area (Å²) in [6, 6.07) is 0.185. The summed E-state index contributed by atoms with van der Waals surface area (Å²) in [6.07, 6.45) is 8.16. The number of hydrogen-bond donors (Lipinski definition) is 1. The van der Waals surface area contributed by atoms with Crippen LogP contribution in [0.5, 0.6) is 0 Å². The van der Waals surface area contributed by atoms with Crippen molar-refractivity contribution in [1.82, 2.24) is 9.97 Å². The molecule has 1 aromatic rings. The SMILES string of the molecule is CCc1ncnc(N2CCC[C@@H]2[C@@H]2CCCC[C@]2(C)O)c1F. The third-order valence-corrected chi connectivity index (χ3v) is 5.46. The molecule has 3 rings (SSSR count). The first kappa shape index (κ1) is 15.7. The molecule has 1 N–H and O–H groups in total. The van der Waals surface area contributed by atoms with E-state index >= 15 is 0 Å². The van der Waals surface area contributed by atoms with Crippen LogP contribution in [0.2, 0.25) is 0 Å².